The molecule has 0 spiro atoms. The van der Waals surface area contributed by atoms with Crippen molar-refractivity contribution in [2.45, 2.75) is 24.9 Å². The zero-order chi connectivity index (χ0) is 12.1. The van der Waals surface area contributed by atoms with Crippen LogP contribution in [0.15, 0.2) is 40.7 Å². The number of hydrogen-bond donors (Lipinski definition) is 0. The summed E-state index contributed by atoms with van der Waals surface area (Å²) in [5.41, 5.74) is 1.12. The molecular weight excluding hydrogens is 224 g/mol. The van der Waals surface area contributed by atoms with Crippen LogP contribution in [0.3, 0.4) is 0 Å². The lowest BCUT2D eigenvalue weighted by molar-refractivity contribution is 0.330. The van der Waals surface area contributed by atoms with Crippen LogP contribution in [0.2, 0.25) is 0 Å². The summed E-state index contributed by atoms with van der Waals surface area (Å²) in [5.74, 6) is 1.22. The summed E-state index contributed by atoms with van der Waals surface area (Å²) < 4.78 is 0. The van der Waals surface area contributed by atoms with E-state index in [1.165, 1.54) is 0 Å². The Kier molecular flexibility index (Phi) is 1.99. The molecule has 4 rings (SSSR count). The number of anilines is 1. The van der Waals surface area contributed by atoms with Gasteiger partial charge < -0.3 is 0 Å². The van der Waals surface area contributed by atoms with E-state index in [0.29, 0.717) is 17.9 Å². The minimum Gasteiger partial charge on any atom is -0.242 e. The lowest BCUT2D eigenvalue weighted by Gasteiger charge is -2.30. The molecule has 0 radical (unpaired) electrons. The van der Waals surface area contributed by atoms with Gasteiger partial charge in [0, 0.05) is 5.92 Å². The smallest absolute Gasteiger partial charge is 0.0997 e. The molecule has 1 aromatic rings. The molecule has 0 N–H and O–H groups in total. The van der Waals surface area contributed by atoms with Gasteiger partial charge in [0.25, 0.3) is 0 Å². The normalized spacial score (nSPS) is 39.9. The molecule has 0 amide bonds. The average molecular weight is 238 g/mol. The highest BCUT2D eigenvalue weighted by molar-refractivity contribution is 5.48. The molecule has 1 heterocycles. The van der Waals surface area contributed by atoms with Gasteiger partial charge in [-0.15, -0.1) is 0 Å². The molecule has 1 aromatic carbocycles. The van der Waals surface area contributed by atoms with Crippen molar-refractivity contribution < 1.29 is 0 Å². The van der Waals surface area contributed by atoms with Crippen molar-refractivity contribution in [1.29, 1.82) is 5.26 Å². The van der Waals surface area contributed by atoms with Gasteiger partial charge in [-0.1, -0.05) is 23.4 Å². The van der Waals surface area contributed by atoms with E-state index in [9.17, 15) is 0 Å². The van der Waals surface area contributed by atoms with E-state index in [1.54, 1.807) is 0 Å². The van der Waals surface area contributed by atoms with Gasteiger partial charge in [-0.05, 0) is 30.9 Å². The molecule has 2 aliphatic carbocycles. The molecule has 4 nitrogen and oxygen atoms in total. The minimum absolute atomic E-state index is 0.200. The van der Waals surface area contributed by atoms with Crippen molar-refractivity contribution in [2.24, 2.45) is 28.1 Å². The minimum atomic E-state index is 0.200. The SMILES string of the molecule is N#CC1CC2CC1C1N=NN(c3ccccc3)C21. The maximum atomic E-state index is 9.16. The first-order valence-corrected chi connectivity index (χ1v) is 6.53. The van der Waals surface area contributed by atoms with Crippen molar-refractivity contribution >= 4 is 5.69 Å². The second-order valence-electron chi connectivity index (χ2n) is 5.50. The van der Waals surface area contributed by atoms with Gasteiger partial charge in [0.1, 0.15) is 0 Å². The summed E-state index contributed by atoms with van der Waals surface area (Å²) in [7, 11) is 0. The maximum absolute atomic E-state index is 9.16. The first-order chi connectivity index (χ1) is 8.88. The number of rotatable bonds is 1. The highest BCUT2D eigenvalue weighted by Crippen LogP contribution is 2.54. The summed E-state index contributed by atoms with van der Waals surface area (Å²) in [5, 5.41) is 20.0. The van der Waals surface area contributed by atoms with Gasteiger partial charge in [0.05, 0.1) is 29.8 Å². The third-order valence-corrected chi connectivity index (χ3v) is 4.67. The Labute approximate surface area is 106 Å². The fraction of sp³-hybridized carbons (Fsp3) is 0.500. The van der Waals surface area contributed by atoms with E-state index in [4.69, 9.17) is 5.26 Å². The van der Waals surface area contributed by atoms with Crippen LogP contribution in [-0.2, 0) is 0 Å². The fourth-order valence-electron chi connectivity index (χ4n) is 3.93. The Bertz CT molecular complexity index is 532. The van der Waals surface area contributed by atoms with E-state index >= 15 is 0 Å². The van der Waals surface area contributed by atoms with Crippen LogP contribution < -0.4 is 5.01 Å². The van der Waals surface area contributed by atoms with Crippen LogP contribution in [0.1, 0.15) is 12.8 Å². The number of benzene rings is 1. The second-order valence-corrected chi connectivity index (χ2v) is 5.50. The van der Waals surface area contributed by atoms with Crippen LogP contribution in [-0.4, -0.2) is 12.1 Å². The molecule has 2 bridgehead atoms. The van der Waals surface area contributed by atoms with Gasteiger partial charge in [-0.3, -0.25) is 0 Å². The van der Waals surface area contributed by atoms with Crippen molar-refractivity contribution in [3.63, 3.8) is 0 Å². The predicted octanol–water partition coefficient (Wildman–Crippen LogP) is 2.79. The Morgan fingerprint density at radius 1 is 1.22 bits per heavy atom. The molecule has 18 heavy (non-hydrogen) atoms. The van der Waals surface area contributed by atoms with Gasteiger partial charge in [-0.25, -0.2) is 5.01 Å². The first kappa shape index (κ1) is 10.1. The van der Waals surface area contributed by atoms with E-state index in [0.717, 1.165) is 18.5 Å². The highest BCUT2D eigenvalue weighted by atomic mass is 15.6. The van der Waals surface area contributed by atoms with E-state index < -0.39 is 0 Å². The van der Waals surface area contributed by atoms with Crippen molar-refractivity contribution in [3.8, 4) is 6.07 Å². The third kappa shape index (κ3) is 1.19. The average Bonchev–Trinajstić information content (AvgIpc) is 3.10. The molecule has 1 aliphatic heterocycles. The van der Waals surface area contributed by atoms with Gasteiger partial charge in [-0.2, -0.15) is 10.4 Å². The van der Waals surface area contributed by atoms with Crippen LogP contribution in [0, 0.1) is 29.1 Å². The molecule has 2 fully saturated rings. The van der Waals surface area contributed by atoms with Crippen molar-refractivity contribution in [1.82, 2.24) is 0 Å². The molecule has 4 heteroatoms. The summed E-state index contributed by atoms with van der Waals surface area (Å²) >= 11 is 0. The van der Waals surface area contributed by atoms with Gasteiger partial charge >= 0.3 is 0 Å². The third-order valence-electron chi connectivity index (χ3n) is 4.67. The molecule has 0 saturated heterocycles. The van der Waals surface area contributed by atoms with Crippen molar-refractivity contribution in [3.05, 3.63) is 30.3 Å². The Balaban J connectivity index is 1.66. The largest absolute Gasteiger partial charge is 0.242 e. The molecular formula is C14H14N4. The molecule has 5 atom stereocenters. The number of para-hydroxylation sites is 1. The topological polar surface area (TPSA) is 51.8 Å². The predicted molar refractivity (Wildman–Crippen MR) is 66.7 cm³/mol. The summed E-state index contributed by atoms with van der Waals surface area (Å²) in [4.78, 5) is 0. The van der Waals surface area contributed by atoms with Gasteiger partial charge in [0.2, 0.25) is 0 Å². The van der Waals surface area contributed by atoms with Crippen LogP contribution in [0.4, 0.5) is 5.69 Å². The summed E-state index contributed by atoms with van der Waals surface area (Å²) in [6, 6.07) is 13.3. The lowest BCUT2D eigenvalue weighted by Crippen LogP contribution is -2.41. The fourth-order valence-corrected chi connectivity index (χ4v) is 3.93. The van der Waals surface area contributed by atoms with Crippen LogP contribution >= 0.6 is 0 Å². The van der Waals surface area contributed by atoms with E-state index in [1.807, 2.05) is 18.2 Å². The monoisotopic (exact) mass is 238 g/mol. The molecule has 2 saturated carbocycles. The van der Waals surface area contributed by atoms with Crippen LogP contribution in [0.5, 0.6) is 0 Å². The first-order valence-electron chi connectivity index (χ1n) is 6.53. The second kappa shape index (κ2) is 3.55. The standard InChI is InChI=1S/C14H14N4/c15-8-10-6-9-7-12(10)13-14(9)18(17-16-13)11-4-2-1-3-5-11/h1-5,9-10,12-14H,6-7H2. The number of nitriles is 1. The lowest BCUT2D eigenvalue weighted by atomic mass is 9.83. The van der Waals surface area contributed by atoms with E-state index in [-0.39, 0.29) is 12.0 Å². The number of fused-ring (bicyclic) bond motifs is 5. The van der Waals surface area contributed by atoms with Crippen LogP contribution in [0.25, 0.3) is 0 Å². The van der Waals surface area contributed by atoms with Gasteiger partial charge in [0.15, 0.2) is 0 Å². The number of hydrogen-bond acceptors (Lipinski definition) is 4. The zero-order valence-corrected chi connectivity index (χ0v) is 9.98. The van der Waals surface area contributed by atoms with Crippen molar-refractivity contribution in [2.75, 3.05) is 5.01 Å². The molecule has 3 aliphatic rings. The summed E-state index contributed by atoms with van der Waals surface area (Å²) in [6.07, 6.45) is 2.17. The molecule has 0 aromatic heterocycles. The molecule has 5 unspecified atom stereocenters. The zero-order valence-electron chi connectivity index (χ0n) is 9.98. The Morgan fingerprint density at radius 2 is 2.06 bits per heavy atom. The Morgan fingerprint density at radius 3 is 2.83 bits per heavy atom. The maximum Gasteiger partial charge on any atom is 0.0997 e. The Hall–Kier alpha value is -1.89. The molecule has 90 valence electrons. The number of nitrogens with zero attached hydrogens (tertiary/aromatic N) is 4. The quantitative estimate of drug-likeness (QED) is 0.755. The highest BCUT2D eigenvalue weighted by Gasteiger charge is 2.57. The van der Waals surface area contributed by atoms with E-state index in [2.05, 4.69) is 33.5 Å². The summed E-state index contributed by atoms with van der Waals surface area (Å²) in [6.45, 7) is 0.